The molecule has 3 heterocycles. The zero-order valence-corrected chi connectivity index (χ0v) is 15.7. The van der Waals surface area contributed by atoms with Crippen molar-refractivity contribution in [1.82, 2.24) is 14.8 Å². The lowest BCUT2D eigenvalue weighted by Crippen LogP contribution is -2.32. The van der Waals surface area contributed by atoms with Crippen LogP contribution in [0.15, 0.2) is 24.3 Å². The Morgan fingerprint density at radius 3 is 2.29 bits per heavy atom. The van der Waals surface area contributed by atoms with Gasteiger partial charge in [-0.05, 0) is 30.5 Å². The maximum Gasteiger partial charge on any atom is 0.260 e. The van der Waals surface area contributed by atoms with Crippen LogP contribution in [-0.2, 0) is 14.4 Å². The molecule has 0 bridgehead atoms. The highest BCUT2D eigenvalue weighted by molar-refractivity contribution is 6.30. The summed E-state index contributed by atoms with van der Waals surface area (Å²) in [5.41, 5.74) is 0.852. The number of hydrogen-bond acceptors (Lipinski definition) is 5. The van der Waals surface area contributed by atoms with Crippen LogP contribution in [0.25, 0.3) is 0 Å². The van der Waals surface area contributed by atoms with Gasteiger partial charge in [0.05, 0.1) is 24.3 Å². The van der Waals surface area contributed by atoms with Crippen molar-refractivity contribution in [3.63, 3.8) is 0 Å². The number of nitrogens with one attached hydrogen (secondary N) is 1. The molecule has 1 aromatic carbocycles. The van der Waals surface area contributed by atoms with Gasteiger partial charge in [0, 0.05) is 5.02 Å². The van der Waals surface area contributed by atoms with Gasteiger partial charge in [-0.25, -0.2) is 9.58 Å². The van der Waals surface area contributed by atoms with Gasteiger partial charge in [-0.15, -0.1) is 5.10 Å². The molecule has 1 aromatic heterocycles. The van der Waals surface area contributed by atoms with Crippen molar-refractivity contribution >= 4 is 41.2 Å². The van der Waals surface area contributed by atoms with E-state index in [1.54, 1.807) is 16.8 Å². The number of benzene rings is 1. The highest BCUT2D eigenvalue weighted by atomic mass is 35.5. The topological polar surface area (TPSA) is 97.2 Å². The predicted octanol–water partition coefficient (Wildman–Crippen LogP) is 2.54. The lowest BCUT2D eigenvalue weighted by atomic mass is 9.81. The number of carbonyl (C=O) groups is 3. The van der Waals surface area contributed by atoms with Crippen LogP contribution in [0.5, 0.6) is 0 Å². The molecular formula is C19H18ClN5O3. The third-order valence-electron chi connectivity index (χ3n) is 5.84. The monoisotopic (exact) mass is 399 g/mol. The summed E-state index contributed by atoms with van der Waals surface area (Å²) >= 11 is 5.97. The molecule has 9 heteroatoms. The van der Waals surface area contributed by atoms with Crippen LogP contribution in [0, 0.1) is 11.8 Å². The molecule has 0 unspecified atom stereocenters. The second-order valence-corrected chi connectivity index (χ2v) is 7.95. The van der Waals surface area contributed by atoms with Crippen molar-refractivity contribution in [2.75, 3.05) is 10.2 Å². The van der Waals surface area contributed by atoms with Crippen LogP contribution in [0.2, 0.25) is 5.02 Å². The highest BCUT2D eigenvalue weighted by Crippen LogP contribution is 2.40. The lowest BCUT2D eigenvalue weighted by Gasteiger charge is -2.23. The molecule has 8 nitrogen and oxygen atoms in total. The summed E-state index contributed by atoms with van der Waals surface area (Å²) < 4.78 is 1.57. The number of anilines is 2. The molecule has 3 aliphatic rings. The summed E-state index contributed by atoms with van der Waals surface area (Å²) in [5, 5.41) is 7.73. The van der Waals surface area contributed by atoms with E-state index in [-0.39, 0.29) is 53.9 Å². The quantitative estimate of drug-likeness (QED) is 0.782. The van der Waals surface area contributed by atoms with Crippen molar-refractivity contribution < 1.29 is 14.4 Å². The van der Waals surface area contributed by atoms with Crippen molar-refractivity contribution in [2.24, 2.45) is 11.8 Å². The molecule has 2 aromatic rings. The van der Waals surface area contributed by atoms with E-state index in [1.807, 2.05) is 12.1 Å². The number of hydrogen-bond donors (Lipinski definition) is 1. The Morgan fingerprint density at radius 1 is 1.00 bits per heavy atom. The van der Waals surface area contributed by atoms with Gasteiger partial charge in [-0.2, -0.15) is 4.98 Å². The summed E-state index contributed by atoms with van der Waals surface area (Å²) in [5.74, 6) is -0.924. The first-order valence-electron chi connectivity index (χ1n) is 9.42. The summed E-state index contributed by atoms with van der Waals surface area (Å²) in [6.07, 6.45) is 3.54. The van der Waals surface area contributed by atoms with Gasteiger partial charge < -0.3 is 0 Å². The normalized spacial score (nSPS) is 26.8. The molecule has 2 aliphatic heterocycles. The molecule has 144 valence electrons. The molecule has 0 radical (unpaired) electrons. The molecule has 0 spiro atoms. The fraction of sp³-hybridized carbons (Fsp3) is 0.421. The van der Waals surface area contributed by atoms with E-state index in [1.165, 1.54) is 0 Å². The second-order valence-electron chi connectivity index (χ2n) is 7.51. The summed E-state index contributed by atoms with van der Waals surface area (Å²) in [6.45, 7) is 0. The standard InChI is InChI=1S/C19H18ClN5O3/c20-11-7-5-10(6-8-11)14-9-15(26)21-18-22-19(23-25(14)18)24-16(27)12-3-1-2-4-13(12)17(24)28/h5-8,12-14H,1-4,9H2,(H,21,22,23,26)/t12-,13-,14-/m0/s1. The smallest absolute Gasteiger partial charge is 0.260 e. The molecule has 2 fully saturated rings. The van der Waals surface area contributed by atoms with Gasteiger partial charge in [0.25, 0.3) is 5.95 Å². The Balaban J connectivity index is 1.53. The van der Waals surface area contributed by atoms with Crippen molar-refractivity contribution in [1.29, 1.82) is 0 Å². The SMILES string of the molecule is O=C1C[C@@H](c2ccc(Cl)cc2)n2nc(N3C(=O)[C@H]4CCCC[C@@H]4C3=O)nc2N1. The molecule has 3 atom stereocenters. The molecule has 1 aliphatic carbocycles. The van der Waals surface area contributed by atoms with E-state index in [9.17, 15) is 14.4 Å². The molecule has 3 amide bonds. The Hall–Kier alpha value is -2.74. The number of nitrogens with zero attached hydrogens (tertiary/aromatic N) is 4. The van der Waals surface area contributed by atoms with Gasteiger partial charge in [-0.1, -0.05) is 36.6 Å². The Morgan fingerprint density at radius 2 is 1.64 bits per heavy atom. The number of imide groups is 1. The minimum atomic E-state index is -0.377. The zero-order valence-electron chi connectivity index (χ0n) is 15.0. The third kappa shape index (κ3) is 2.63. The number of aromatic nitrogens is 3. The summed E-state index contributed by atoms with van der Waals surface area (Å²) in [6, 6.07) is 6.78. The predicted molar refractivity (Wildman–Crippen MR) is 101 cm³/mol. The maximum absolute atomic E-state index is 12.8. The third-order valence-corrected chi connectivity index (χ3v) is 6.09. The van der Waals surface area contributed by atoms with E-state index in [0.717, 1.165) is 36.1 Å². The second kappa shape index (κ2) is 6.41. The maximum atomic E-state index is 12.8. The van der Waals surface area contributed by atoms with Gasteiger partial charge in [-0.3, -0.25) is 19.7 Å². The molecule has 28 heavy (non-hydrogen) atoms. The highest BCUT2D eigenvalue weighted by Gasteiger charge is 2.50. The first-order valence-corrected chi connectivity index (χ1v) is 9.80. The first kappa shape index (κ1) is 17.4. The van der Waals surface area contributed by atoms with Crippen LogP contribution in [0.4, 0.5) is 11.9 Å². The van der Waals surface area contributed by atoms with Crippen LogP contribution >= 0.6 is 11.6 Å². The summed E-state index contributed by atoms with van der Waals surface area (Å²) in [7, 11) is 0. The van der Waals surface area contributed by atoms with Crippen molar-refractivity contribution in [3.8, 4) is 0 Å². The Kier molecular flexibility index (Phi) is 3.97. The van der Waals surface area contributed by atoms with E-state index in [2.05, 4.69) is 15.4 Å². The van der Waals surface area contributed by atoms with Gasteiger partial charge in [0.1, 0.15) is 0 Å². The van der Waals surface area contributed by atoms with E-state index < -0.39 is 0 Å². The molecule has 5 rings (SSSR count). The Labute approximate surface area is 165 Å². The minimum Gasteiger partial charge on any atom is -0.295 e. The van der Waals surface area contributed by atoms with Gasteiger partial charge >= 0.3 is 0 Å². The Bertz CT molecular complexity index is 962. The van der Waals surface area contributed by atoms with E-state index >= 15 is 0 Å². The van der Waals surface area contributed by atoms with E-state index in [4.69, 9.17) is 11.6 Å². The van der Waals surface area contributed by atoms with Crippen LogP contribution in [0.1, 0.15) is 43.7 Å². The van der Waals surface area contributed by atoms with Crippen molar-refractivity contribution in [2.45, 2.75) is 38.1 Å². The number of halogens is 1. The number of fused-ring (bicyclic) bond motifs is 2. The average molecular weight is 400 g/mol. The average Bonchev–Trinajstić information content (AvgIpc) is 3.21. The number of carbonyl (C=O) groups excluding carboxylic acids is 3. The van der Waals surface area contributed by atoms with Gasteiger partial charge in [0.2, 0.25) is 23.7 Å². The van der Waals surface area contributed by atoms with Crippen LogP contribution < -0.4 is 10.2 Å². The summed E-state index contributed by atoms with van der Waals surface area (Å²) in [4.78, 5) is 43.3. The van der Waals surface area contributed by atoms with Gasteiger partial charge in [0.15, 0.2) is 0 Å². The molecule has 1 N–H and O–H groups in total. The largest absolute Gasteiger partial charge is 0.295 e. The first-order chi connectivity index (χ1) is 13.5. The fourth-order valence-electron chi connectivity index (χ4n) is 4.45. The minimum absolute atomic E-state index is 0.0422. The number of rotatable bonds is 2. The fourth-order valence-corrected chi connectivity index (χ4v) is 4.58. The molecular weight excluding hydrogens is 382 g/mol. The van der Waals surface area contributed by atoms with Crippen LogP contribution in [-0.4, -0.2) is 32.5 Å². The zero-order chi connectivity index (χ0) is 19.4. The lowest BCUT2D eigenvalue weighted by molar-refractivity contribution is -0.122. The van der Waals surface area contributed by atoms with Crippen molar-refractivity contribution in [3.05, 3.63) is 34.9 Å². The number of amides is 3. The van der Waals surface area contributed by atoms with E-state index in [0.29, 0.717) is 5.02 Å². The molecule has 1 saturated heterocycles. The molecule has 1 saturated carbocycles. The van der Waals surface area contributed by atoms with Crippen LogP contribution in [0.3, 0.4) is 0 Å².